The number of aryl methyl sites for hydroxylation is 1. The van der Waals surface area contributed by atoms with E-state index in [0.717, 1.165) is 31.3 Å². The summed E-state index contributed by atoms with van der Waals surface area (Å²) in [4.78, 5) is 16.6. The van der Waals surface area contributed by atoms with Gasteiger partial charge in [-0.05, 0) is 19.3 Å². The van der Waals surface area contributed by atoms with Gasteiger partial charge in [-0.15, -0.1) is 0 Å². The van der Waals surface area contributed by atoms with Crippen LogP contribution in [0.15, 0.2) is 12.4 Å². The van der Waals surface area contributed by atoms with Gasteiger partial charge in [0.15, 0.2) is 0 Å². The third-order valence-corrected chi connectivity index (χ3v) is 5.50. The molecular weight excluding hydrogens is 292 g/mol. The van der Waals surface area contributed by atoms with E-state index in [1.165, 1.54) is 4.31 Å². The van der Waals surface area contributed by atoms with Gasteiger partial charge in [0.05, 0.1) is 6.26 Å². The van der Waals surface area contributed by atoms with E-state index in [-0.39, 0.29) is 11.9 Å². The number of nitrogens with one attached hydrogen (secondary N) is 1. The summed E-state index contributed by atoms with van der Waals surface area (Å²) >= 11 is 0. The molecule has 0 saturated carbocycles. The number of imidazole rings is 1. The zero-order chi connectivity index (χ0) is 15.0. The molecule has 1 aromatic rings. The van der Waals surface area contributed by atoms with Gasteiger partial charge in [-0.1, -0.05) is 0 Å². The normalized spacial score (nSPS) is 26.5. The van der Waals surface area contributed by atoms with Crippen LogP contribution in [0.5, 0.6) is 0 Å². The number of carbonyl (C=O) groups is 1. The molecule has 0 aromatic carbocycles. The van der Waals surface area contributed by atoms with Crippen LogP contribution in [0, 0.1) is 0 Å². The van der Waals surface area contributed by atoms with Crippen LogP contribution >= 0.6 is 0 Å². The smallest absolute Gasteiger partial charge is 0.238 e. The first-order chi connectivity index (χ1) is 9.95. The lowest BCUT2D eigenvalue weighted by Crippen LogP contribution is -2.50. The van der Waals surface area contributed by atoms with Crippen molar-refractivity contribution in [1.29, 1.82) is 0 Å². The van der Waals surface area contributed by atoms with E-state index >= 15 is 0 Å². The maximum absolute atomic E-state index is 12.4. The third-order valence-electron chi connectivity index (χ3n) is 4.21. The first kappa shape index (κ1) is 14.5. The molecule has 1 fully saturated rings. The van der Waals surface area contributed by atoms with E-state index < -0.39 is 16.1 Å². The number of nitrogens with zero attached hydrogens (tertiary/aromatic N) is 3. The number of fused-ring (bicyclic) bond motifs is 1. The Bertz CT molecular complexity index is 640. The van der Waals surface area contributed by atoms with Crippen molar-refractivity contribution in [3.8, 4) is 0 Å². The van der Waals surface area contributed by atoms with Crippen LogP contribution in [0.4, 0.5) is 0 Å². The zero-order valence-corrected chi connectivity index (χ0v) is 12.8. The molecule has 0 unspecified atom stereocenters. The van der Waals surface area contributed by atoms with Crippen LogP contribution in [-0.2, 0) is 27.8 Å². The number of hydrogen-bond acceptors (Lipinski definition) is 4. The molecule has 3 rings (SSSR count). The molecule has 2 atom stereocenters. The highest BCUT2D eigenvalue weighted by Crippen LogP contribution is 2.21. The van der Waals surface area contributed by atoms with Crippen molar-refractivity contribution in [3.63, 3.8) is 0 Å². The monoisotopic (exact) mass is 312 g/mol. The zero-order valence-electron chi connectivity index (χ0n) is 12.0. The second kappa shape index (κ2) is 5.42. The molecule has 8 heteroatoms. The Morgan fingerprint density at radius 1 is 1.43 bits per heavy atom. The average molecular weight is 312 g/mol. The minimum atomic E-state index is -3.32. The third kappa shape index (κ3) is 2.96. The molecule has 0 bridgehead atoms. The number of carbonyl (C=O) groups excluding carboxylic acids is 1. The van der Waals surface area contributed by atoms with Gasteiger partial charge >= 0.3 is 0 Å². The number of amides is 1. The van der Waals surface area contributed by atoms with Gasteiger partial charge in [0, 0.05) is 37.9 Å². The Hall–Kier alpha value is -1.41. The summed E-state index contributed by atoms with van der Waals surface area (Å²) in [5.74, 6) is 0.866. The lowest BCUT2D eigenvalue weighted by molar-refractivity contribution is -0.125. The number of hydrogen-bond donors (Lipinski definition) is 1. The first-order valence-corrected chi connectivity index (χ1v) is 9.07. The fourth-order valence-electron chi connectivity index (χ4n) is 3.18. The fraction of sp³-hybridized carbons (Fsp3) is 0.692. The second-order valence-electron chi connectivity index (χ2n) is 5.77. The van der Waals surface area contributed by atoms with Crippen molar-refractivity contribution >= 4 is 15.9 Å². The van der Waals surface area contributed by atoms with E-state index in [2.05, 4.69) is 10.3 Å². The molecule has 0 radical (unpaired) electrons. The summed E-state index contributed by atoms with van der Waals surface area (Å²) < 4.78 is 26.8. The lowest BCUT2D eigenvalue weighted by atomic mass is 10.1. The van der Waals surface area contributed by atoms with E-state index in [4.69, 9.17) is 0 Å². The minimum absolute atomic E-state index is 0.0428. The average Bonchev–Trinajstić information content (AvgIpc) is 3.06. The van der Waals surface area contributed by atoms with Gasteiger partial charge in [-0.3, -0.25) is 4.79 Å². The van der Waals surface area contributed by atoms with E-state index in [1.54, 1.807) is 6.20 Å². The fourth-order valence-corrected chi connectivity index (χ4v) is 4.30. The first-order valence-electron chi connectivity index (χ1n) is 7.22. The van der Waals surface area contributed by atoms with Crippen LogP contribution in [0.1, 0.15) is 25.1 Å². The van der Waals surface area contributed by atoms with Crippen LogP contribution < -0.4 is 5.32 Å². The Balaban J connectivity index is 1.65. The molecule has 2 aliphatic heterocycles. The largest absolute Gasteiger partial charge is 0.350 e. The van der Waals surface area contributed by atoms with Crippen molar-refractivity contribution in [2.24, 2.45) is 0 Å². The molecule has 116 valence electrons. The Kier molecular flexibility index (Phi) is 3.75. The van der Waals surface area contributed by atoms with Gasteiger partial charge in [-0.2, -0.15) is 4.31 Å². The van der Waals surface area contributed by atoms with Crippen molar-refractivity contribution < 1.29 is 13.2 Å². The minimum Gasteiger partial charge on any atom is -0.350 e. The highest BCUT2D eigenvalue weighted by molar-refractivity contribution is 7.88. The van der Waals surface area contributed by atoms with Crippen LogP contribution in [0.2, 0.25) is 0 Å². The van der Waals surface area contributed by atoms with Crippen molar-refractivity contribution in [3.05, 3.63) is 18.2 Å². The predicted octanol–water partition coefficient (Wildman–Crippen LogP) is -0.262. The van der Waals surface area contributed by atoms with Crippen molar-refractivity contribution in [1.82, 2.24) is 19.2 Å². The summed E-state index contributed by atoms with van der Waals surface area (Å²) in [6.07, 6.45) is 7.85. The SMILES string of the molecule is CS(=O)(=O)N1CCC[C@@H]1C(=O)N[C@@H]1CCc2nccn2C1. The maximum atomic E-state index is 12.4. The number of sulfonamides is 1. The summed E-state index contributed by atoms with van der Waals surface area (Å²) in [5.41, 5.74) is 0. The Morgan fingerprint density at radius 3 is 3.00 bits per heavy atom. The summed E-state index contributed by atoms with van der Waals surface area (Å²) in [7, 11) is -3.32. The van der Waals surface area contributed by atoms with Crippen molar-refractivity contribution in [2.45, 2.75) is 44.3 Å². The standard InChI is InChI=1S/C13H20N4O3S/c1-21(19,20)17-7-2-3-11(17)13(18)15-10-4-5-12-14-6-8-16(12)9-10/h6,8,10-11H,2-5,7,9H2,1H3,(H,15,18)/t10-,11-/m1/s1. The topological polar surface area (TPSA) is 84.3 Å². The maximum Gasteiger partial charge on any atom is 0.238 e. The number of aromatic nitrogens is 2. The molecule has 0 spiro atoms. The summed E-state index contributed by atoms with van der Waals surface area (Å²) in [6.45, 7) is 1.14. The second-order valence-corrected chi connectivity index (χ2v) is 7.71. The van der Waals surface area contributed by atoms with Gasteiger partial charge in [0.1, 0.15) is 11.9 Å². The predicted molar refractivity (Wildman–Crippen MR) is 77.1 cm³/mol. The highest BCUT2D eigenvalue weighted by atomic mass is 32.2. The van der Waals surface area contributed by atoms with Gasteiger partial charge in [-0.25, -0.2) is 13.4 Å². The van der Waals surface area contributed by atoms with Crippen molar-refractivity contribution in [2.75, 3.05) is 12.8 Å². The molecule has 0 aliphatic carbocycles. The number of rotatable bonds is 3. The molecule has 1 amide bonds. The van der Waals surface area contributed by atoms with Gasteiger partial charge < -0.3 is 9.88 Å². The van der Waals surface area contributed by atoms with Gasteiger partial charge in [0.25, 0.3) is 0 Å². The molecule has 1 saturated heterocycles. The van der Waals surface area contributed by atoms with E-state index in [0.29, 0.717) is 19.5 Å². The Morgan fingerprint density at radius 2 is 2.24 bits per heavy atom. The van der Waals surface area contributed by atoms with Crippen LogP contribution in [0.25, 0.3) is 0 Å². The molecule has 1 N–H and O–H groups in total. The molecular formula is C13H20N4O3S. The van der Waals surface area contributed by atoms with E-state index in [1.807, 2.05) is 10.8 Å². The quantitative estimate of drug-likeness (QED) is 0.833. The molecule has 1 aromatic heterocycles. The summed E-state index contributed by atoms with van der Waals surface area (Å²) in [6, 6.07) is -0.509. The van der Waals surface area contributed by atoms with Crippen LogP contribution in [-0.4, -0.2) is 53.1 Å². The summed E-state index contributed by atoms with van der Waals surface area (Å²) in [5, 5.41) is 3.00. The highest BCUT2D eigenvalue weighted by Gasteiger charge is 2.37. The molecule has 3 heterocycles. The molecule has 2 aliphatic rings. The molecule has 21 heavy (non-hydrogen) atoms. The lowest BCUT2D eigenvalue weighted by Gasteiger charge is -2.28. The van der Waals surface area contributed by atoms with E-state index in [9.17, 15) is 13.2 Å². The van der Waals surface area contributed by atoms with Crippen LogP contribution in [0.3, 0.4) is 0 Å². The van der Waals surface area contributed by atoms with Gasteiger partial charge in [0.2, 0.25) is 15.9 Å². The molecule has 7 nitrogen and oxygen atoms in total. The Labute approximate surface area is 124 Å².